The number of carboxylic acids is 1. The summed E-state index contributed by atoms with van der Waals surface area (Å²) in [6.45, 7) is 1.89. The molecule has 0 spiro atoms. The molecule has 3 heteroatoms. The third kappa shape index (κ3) is 3.85. The summed E-state index contributed by atoms with van der Waals surface area (Å²) >= 11 is 0. The van der Waals surface area contributed by atoms with E-state index in [0.29, 0.717) is 17.1 Å². The van der Waals surface area contributed by atoms with Crippen LogP contribution in [0.3, 0.4) is 0 Å². The molecule has 1 aromatic carbocycles. The fraction of sp³-hybridized carbons (Fsp3) is 0.368. The first-order valence-electron chi connectivity index (χ1n) is 7.72. The zero-order valence-corrected chi connectivity index (χ0v) is 12.8. The molecule has 0 saturated heterocycles. The Labute approximate surface area is 131 Å². The Bertz CT molecular complexity index is 612. The minimum Gasteiger partial charge on any atom is -0.478 e. The van der Waals surface area contributed by atoms with Gasteiger partial charge in [0.2, 0.25) is 0 Å². The van der Waals surface area contributed by atoms with Crippen molar-refractivity contribution in [2.75, 3.05) is 0 Å². The number of aliphatic carboxylic acids is 1. The fourth-order valence-electron chi connectivity index (χ4n) is 3.15. The average molecular weight is 295 g/mol. The SMILES string of the molecule is C/C=C/C=C(/C(=O)O)C1CCC(c2ccc(C#N)cc2)CC1. The molecule has 0 aliphatic heterocycles. The number of nitriles is 1. The van der Waals surface area contributed by atoms with Gasteiger partial charge in [-0.05, 0) is 62.1 Å². The van der Waals surface area contributed by atoms with Gasteiger partial charge in [-0.25, -0.2) is 4.79 Å². The van der Waals surface area contributed by atoms with Crippen molar-refractivity contribution in [1.82, 2.24) is 0 Å². The average Bonchev–Trinajstić information content (AvgIpc) is 2.55. The second kappa shape index (κ2) is 7.61. The summed E-state index contributed by atoms with van der Waals surface area (Å²) in [4.78, 5) is 11.4. The van der Waals surface area contributed by atoms with E-state index in [0.717, 1.165) is 25.7 Å². The van der Waals surface area contributed by atoms with E-state index in [1.165, 1.54) is 5.56 Å². The summed E-state index contributed by atoms with van der Waals surface area (Å²) in [7, 11) is 0. The zero-order chi connectivity index (χ0) is 15.9. The highest BCUT2D eigenvalue weighted by atomic mass is 16.4. The quantitative estimate of drug-likeness (QED) is 0.660. The number of nitrogens with zero attached hydrogens (tertiary/aromatic N) is 1. The first kappa shape index (κ1) is 16.0. The van der Waals surface area contributed by atoms with Gasteiger partial charge in [0.25, 0.3) is 0 Å². The van der Waals surface area contributed by atoms with Crippen LogP contribution in [0.25, 0.3) is 0 Å². The first-order valence-corrected chi connectivity index (χ1v) is 7.72. The molecule has 0 heterocycles. The Hall–Kier alpha value is -2.34. The van der Waals surface area contributed by atoms with E-state index < -0.39 is 5.97 Å². The minimum atomic E-state index is -0.806. The summed E-state index contributed by atoms with van der Waals surface area (Å²) in [6.07, 6.45) is 9.19. The van der Waals surface area contributed by atoms with Crippen LogP contribution in [0.4, 0.5) is 0 Å². The smallest absolute Gasteiger partial charge is 0.331 e. The molecule has 1 aliphatic rings. The molecule has 1 aromatic rings. The maximum Gasteiger partial charge on any atom is 0.331 e. The van der Waals surface area contributed by atoms with Gasteiger partial charge in [0.1, 0.15) is 0 Å². The minimum absolute atomic E-state index is 0.142. The maximum absolute atomic E-state index is 11.4. The van der Waals surface area contributed by atoms with Gasteiger partial charge in [0, 0.05) is 5.57 Å². The van der Waals surface area contributed by atoms with Crippen LogP contribution in [-0.2, 0) is 4.79 Å². The second-order valence-electron chi connectivity index (χ2n) is 5.74. The van der Waals surface area contributed by atoms with E-state index in [4.69, 9.17) is 5.26 Å². The van der Waals surface area contributed by atoms with E-state index in [9.17, 15) is 9.90 Å². The molecule has 0 amide bonds. The Morgan fingerprint density at radius 2 is 1.86 bits per heavy atom. The highest BCUT2D eigenvalue weighted by molar-refractivity contribution is 5.87. The summed E-state index contributed by atoms with van der Waals surface area (Å²) in [5.41, 5.74) is 2.46. The molecule has 1 saturated carbocycles. The van der Waals surface area contributed by atoms with Gasteiger partial charge in [-0.15, -0.1) is 0 Å². The highest BCUT2D eigenvalue weighted by Gasteiger charge is 2.27. The van der Waals surface area contributed by atoms with Crippen LogP contribution in [0.2, 0.25) is 0 Å². The Balaban J connectivity index is 2.02. The lowest BCUT2D eigenvalue weighted by Gasteiger charge is -2.29. The van der Waals surface area contributed by atoms with Crippen molar-refractivity contribution >= 4 is 5.97 Å². The lowest BCUT2D eigenvalue weighted by molar-refractivity contribution is -0.133. The number of hydrogen-bond acceptors (Lipinski definition) is 2. The van der Waals surface area contributed by atoms with Gasteiger partial charge in [-0.3, -0.25) is 0 Å². The van der Waals surface area contributed by atoms with Gasteiger partial charge < -0.3 is 5.11 Å². The van der Waals surface area contributed by atoms with Gasteiger partial charge in [-0.1, -0.05) is 30.4 Å². The van der Waals surface area contributed by atoms with Gasteiger partial charge in [-0.2, -0.15) is 5.26 Å². The Kier molecular flexibility index (Phi) is 5.55. The molecule has 0 unspecified atom stereocenters. The normalized spacial score (nSPS) is 22.5. The van der Waals surface area contributed by atoms with Crippen LogP contribution in [0, 0.1) is 17.2 Å². The van der Waals surface area contributed by atoms with Crippen LogP contribution in [0.15, 0.2) is 48.1 Å². The van der Waals surface area contributed by atoms with Crippen molar-refractivity contribution in [3.8, 4) is 6.07 Å². The lowest BCUT2D eigenvalue weighted by atomic mass is 9.75. The summed E-state index contributed by atoms with van der Waals surface area (Å²) in [5.74, 6) is -0.191. The van der Waals surface area contributed by atoms with Crippen LogP contribution in [0.5, 0.6) is 0 Å². The van der Waals surface area contributed by atoms with E-state index in [1.54, 1.807) is 12.2 Å². The largest absolute Gasteiger partial charge is 0.478 e. The molecule has 1 aliphatic carbocycles. The Morgan fingerprint density at radius 1 is 1.23 bits per heavy atom. The van der Waals surface area contributed by atoms with Crippen LogP contribution in [-0.4, -0.2) is 11.1 Å². The van der Waals surface area contributed by atoms with E-state index in [-0.39, 0.29) is 5.92 Å². The molecular formula is C19H21NO2. The van der Waals surface area contributed by atoms with Crippen molar-refractivity contribution in [3.63, 3.8) is 0 Å². The van der Waals surface area contributed by atoms with Gasteiger partial charge in [0.05, 0.1) is 11.6 Å². The lowest BCUT2D eigenvalue weighted by Crippen LogP contribution is -2.19. The topological polar surface area (TPSA) is 61.1 Å². The number of carbonyl (C=O) groups is 1. The molecule has 22 heavy (non-hydrogen) atoms. The first-order chi connectivity index (χ1) is 10.7. The van der Waals surface area contributed by atoms with Crippen molar-refractivity contribution in [2.24, 2.45) is 5.92 Å². The predicted octanol–water partition coefficient (Wildman–Crippen LogP) is 4.42. The highest BCUT2D eigenvalue weighted by Crippen LogP contribution is 2.38. The molecular weight excluding hydrogens is 274 g/mol. The predicted molar refractivity (Wildman–Crippen MR) is 86.4 cm³/mol. The molecule has 1 fully saturated rings. The standard InChI is InChI=1S/C19H21NO2/c1-2-3-4-18(19(21)22)17-11-9-16(10-12-17)15-7-5-14(13-20)6-8-15/h2-8,16-17H,9-12H2,1H3,(H,21,22)/b3-2+,18-4+. The van der Waals surface area contributed by atoms with Crippen molar-refractivity contribution in [2.45, 2.75) is 38.5 Å². The van der Waals surface area contributed by atoms with Gasteiger partial charge >= 0.3 is 5.97 Å². The number of benzene rings is 1. The van der Waals surface area contributed by atoms with Crippen molar-refractivity contribution in [1.29, 1.82) is 5.26 Å². The molecule has 0 radical (unpaired) electrons. The van der Waals surface area contributed by atoms with Crippen LogP contribution >= 0.6 is 0 Å². The van der Waals surface area contributed by atoms with Crippen LogP contribution < -0.4 is 0 Å². The Morgan fingerprint density at radius 3 is 2.36 bits per heavy atom. The van der Waals surface area contributed by atoms with E-state index in [1.807, 2.05) is 37.3 Å². The van der Waals surface area contributed by atoms with Crippen molar-refractivity contribution < 1.29 is 9.90 Å². The third-order valence-corrected chi connectivity index (χ3v) is 4.39. The maximum atomic E-state index is 11.4. The molecule has 2 rings (SSSR count). The molecule has 114 valence electrons. The van der Waals surface area contributed by atoms with Gasteiger partial charge in [0.15, 0.2) is 0 Å². The summed E-state index contributed by atoms with van der Waals surface area (Å²) < 4.78 is 0. The number of rotatable bonds is 4. The molecule has 0 aromatic heterocycles. The third-order valence-electron chi connectivity index (χ3n) is 4.39. The zero-order valence-electron chi connectivity index (χ0n) is 12.8. The van der Waals surface area contributed by atoms with E-state index in [2.05, 4.69) is 6.07 Å². The fourth-order valence-corrected chi connectivity index (χ4v) is 3.15. The second-order valence-corrected chi connectivity index (χ2v) is 5.74. The molecule has 1 N–H and O–H groups in total. The van der Waals surface area contributed by atoms with E-state index >= 15 is 0 Å². The number of allylic oxidation sites excluding steroid dienone is 3. The molecule has 0 atom stereocenters. The summed E-state index contributed by atoms with van der Waals surface area (Å²) in [6, 6.07) is 9.90. The number of carboxylic acid groups (broad SMARTS) is 1. The van der Waals surface area contributed by atoms with Crippen molar-refractivity contribution in [3.05, 3.63) is 59.2 Å². The van der Waals surface area contributed by atoms with Crippen LogP contribution in [0.1, 0.15) is 49.7 Å². The number of hydrogen-bond donors (Lipinski definition) is 1. The molecule has 0 bridgehead atoms. The summed E-state index contributed by atoms with van der Waals surface area (Å²) in [5, 5.41) is 18.2. The monoisotopic (exact) mass is 295 g/mol. The molecule has 3 nitrogen and oxygen atoms in total.